The Labute approximate surface area is 125 Å². The van der Waals surface area contributed by atoms with E-state index in [-0.39, 0.29) is 0 Å². The SMILES string of the molecule is CCOc1cc(C=O)cc2c1OC(C)(C)C=C2CC(C)O. The molecule has 4 heteroatoms. The van der Waals surface area contributed by atoms with Crippen LogP contribution in [0.3, 0.4) is 0 Å². The van der Waals surface area contributed by atoms with Crippen LogP contribution in [0.15, 0.2) is 18.2 Å². The Hall–Kier alpha value is -1.81. The molecule has 1 aliphatic heterocycles. The summed E-state index contributed by atoms with van der Waals surface area (Å²) in [6.45, 7) is 8.05. The van der Waals surface area contributed by atoms with Gasteiger partial charge >= 0.3 is 0 Å². The van der Waals surface area contributed by atoms with Crippen LogP contribution < -0.4 is 9.47 Å². The van der Waals surface area contributed by atoms with E-state index in [4.69, 9.17) is 9.47 Å². The van der Waals surface area contributed by atoms with E-state index in [1.165, 1.54) is 0 Å². The Morgan fingerprint density at radius 3 is 2.71 bits per heavy atom. The largest absolute Gasteiger partial charge is 0.490 e. The number of aldehydes is 1. The molecule has 0 amide bonds. The predicted molar refractivity (Wildman–Crippen MR) is 82.0 cm³/mol. The first-order valence-corrected chi connectivity index (χ1v) is 7.21. The van der Waals surface area contributed by atoms with Crippen molar-refractivity contribution in [3.63, 3.8) is 0 Å². The molecule has 1 unspecified atom stereocenters. The summed E-state index contributed by atoms with van der Waals surface area (Å²) in [5, 5.41) is 9.72. The fraction of sp³-hybridized carbons (Fsp3) is 0.471. The van der Waals surface area contributed by atoms with E-state index in [0.717, 1.165) is 17.4 Å². The summed E-state index contributed by atoms with van der Waals surface area (Å²) in [4.78, 5) is 11.1. The Morgan fingerprint density at radius 1 is 1.43 bits per heavy atom. The molecule has 21 heavy (non-hydrogen) atoms. The number of benzene rings is 1. The van der Waals surface area contributed by atoms with E-state index in [0.29, 0.717) is 30.1 Å². The maximum Gasteiger partial charge on any atom is 0.169 e. The zero-order valence-electron chi connectivity index (χ0n) is 13.0. The van der Waals surface area contributed by atoms with Gasteiger partial charge in [0.2, 0.25) is 0 Å². The number of carbonyl (C=O) groups excluding carboxylic acids is 1. The van der Waals surface area contributed by atoms with Crippen LogP contribution in [0.2, 0.25) is 0 Å². The van der Waals surface area contributed by atoms with Gasteiger partial charge in [-0.15, -0.1) is 0 Å². The van der Waals surface area contributed by atoms with Gasteiger partial charge in [0.1, 0.15) is 11.9 Å². The molecule has 0 radical (unpaired) electrons. The van der Waals surface area contributed by atoms with Crippen molar-refractivity contribution in [1.29, 1.82) is 0 Å². The number of rotatable bonds is 5. The van der Waals surface area contributed by atoms with Crippen molar-refractivity contribution < 1.29 is 19.4 Å². The van der Waals surface area contributed by atoms with E-state index >= 15 is 0 Å². The molecule has 1 aliphatic rings. The first kappa shape index (κ1) is 15.6. The Morgan fingerprint density at radius 2 is 2.14 bits per heavy atom. The monoisotopic (exact) mass is 290 g/mol. The number of fused-ring (bicyclic) bond motifs is 1. The molecule has 0 aromatic heterocycles. The normalized spacial score (nSPS) is 17.3. The molecule has 1 N–H and O–H groups in total. The van der Waals surface area contributed by atoms with E-state index in [9.17, 15) is 9.90 Å². The maximum atomic E-state index is 11.1. The van der Waals surface area contributed by atoms with Crippen molar-refractivity contribution in [2.75, 3.05) is 6.61 Å². The lowest BCUT2D eigenvalue weighted by Gasteiger charge is -2.33. The molecule has 1 aromatic rings. The molecule has 0 fully saturated rings. The zero-order valence-corrected chi connectivity index (χ0v) is 13.0. The maximum absolute atomic E-state index is 11.1. The second kappa shape index (κ2) is 5.90. The third kappa shape index (κ3) is 3.45. The Balaban J connectivity index is 2.60. The van der Waals surface area contributed by atoms with Gasteiger partial charge in [0, 0.05) is 11.1 Å². The number of hydrogen-bond acceptors (Lipinski definition) is 4. The molecule has 114 valence electrons. The van der Waals surface area contributed by atoms with Crippen molar-refractivity contribution >= 4 is 11.9 Å². The molecule has 2 rings (SSSR count). The summed E-state index contributed by atoms with van der Waals surface area (Å²) in [6.07, 6.45) is 2.83. The number of aliphatic hydroxyl groups excluding tert-OH is 1. The third-order valence-electron chi connectivity index (χ3n) is 3.26. The molecule has 0 aliphatic carbocycles. The first-order chi connectivity index (χ1) is 9.86. The van der Waals surface area contributed by atoms with E-state index in [1.54, 1.807) is 19.1 Å². The van der Waals surface area contributed by atoms with Crippen LogP contribution in [-0.4, -0.2) is 29.7 Å². The summed E-state index contributed by atoms with van der Waals surface area (Å²) < 4.78 is 11.6. The van der Waals surface area contributed by atoms with Gasteiger partial charge in [0.25, 0.3) is 0 Å². The molecule has 0 saturated carbocycles. The number of aliphatic hydroxyl groups is 1. The topological polar surface area (TPSA) is 55.8 Å². The van der Waals surface area contributed by atoms with Gasteiger partial charge < -0.3 is 14.6 Å². The zero-order chi connectivity index (χ0) is 15.6. The summed E-state index contributed by atoms with van der Waals surface area (Å²) >= 11 is 0. The van der Waals surface area contributed by atoms with Gasteiger partial charge in [0.15, 0.2) is 11.5 Å². The molecule has 0 bridgehead atoms. The third-order valence-corrected chi connectivity index (χ3v) is 3.26. The fourth-order valence-corrected chi connectivity index (χ4v) is 2.58. The summed E-state index contributed by atoms with van der Waals surface area (Å²) in [7, 11) is 0. The van der Waals surface area contributed by atoms with Crippen molar-refractivity contribution in [2.24, 2.45) is 0 Å². The van der Waals surface area contributed by atoms with Crippen molar-refractivity contribution in [3.05, 3.63) is 29.3 Å². The minimum atomic E-state index is -0.480. The summed E-state index contributed by atoms with van der Waals surface area (Å²) in [5.41, 5.74) is 1.85. The lowest BCUT2D eigenvalue weighted by Crippen LogP contribution is -2.30. The predicted octanol–water partition coefficient (Wildman–Crippen LogP) is 3.22. The first-order valence-electron chi connectivity index (χ1n) is 7.21. The van der Waals surface area contributed by atoms with Gasteiger partial charge in [-0.25, -0.2) is 0 Å². The number of carbonyl (C=O) groups is 1. The van der Waals surface area contributed by atoms with Crippen LogP contribution >= 0.6 is 0 Å². The van der Waals surface area contributed by atoms with E-state index in [2.05, 4.69) is 0 Å². The smallest absolute Gasteiger partial charge is 0.169 e. The lowest BCUT2D eigenvalue weighted by molar-refractivity contribution is 0.112. The van der Waals surface area contributed by atoms with Crippen LogP contribution in [0.1, 0.15) is 50.0 Å². The van der Waals surface area contributed by atoms with Gasteiger partial charge in [-0.3, -0.25) is 4.79 Å². The molecule has 1 aromatic carbocycles. The van der Waals surface area contributed by atoms with E-state index in [1.807, 2.05) is 26.8 Å². The van der Waals surface area contributed by atoms with Crippen molar-refractivity contribution in [2.45, 2.75) is 45.8 Å². The lowest BCUT2D eigenvalue weighted by atomic mass is 9.90. The van der Waals surface area contributed by atoms with Crippen LogP contribution in [0.5, 0.6) is 11.5 Å². The summed E-state index contributed by atoms with van der Waals surface area (Å²) in [6, 6.07) is 3.48. The van der Waals surface area contributed by atoms with Crippen LogP contribution in [0, 0.1) is 0 Å². The molecule has 1 atom stereocenters. The average Bonchev–Trinajstić information content (AvgIpc) is 2.38. The minimum absolute atomic E-state index is 0.464. The van der Waals surface area contributed by atoms with Crippen LogP contribution in [-0.2, 0) is 0 Å². The fourth-order valence-electron chi connectivity index (χ4n) is 2.58. The average molecular weight is 290 g/mol. The molecular formula is C17H22O4. The van der Waals surface area contributed by atoms with E-state index < -0.39 is 11.7 Å². The highest BCUT2D eigenvalue weighted by atomic mass is 16.5. The number of hydrogen-bond donors (Lipinski definition) is 1. The summed E-state index contributed by atoms with van der Waals surface area (Å²) in [5.74, 6) is 1.21. The van der Waals surface area contributed by atoms with Gasteiger partial charge in [0.05, 0.1) is 12.7 Å². The van der Waals surface area contributed by atoms with Gasteiger partial charge in [-0.1, -0.05) is 0 Å². The van der Waals surface area contributed by atoms with Crippen LogP contribution in [0.25, 0.3) is 5.57 Å². The molecule has 0 spiro atoms. The van der Waals surface area contributed by atoms with Crippen molar-refractivity contribution in [3.8, 4) is 11.5 Å². The molecule has 1 heterocycles. The Bertz CT molecular complexity index is 570. The molecule has 0 saturated heterocycles. The highest BCUT2D eigenvalue weighted by Gasteiger charge is 2.30. The second-order valence-corrected chi connectivity index (χ2v) is 5.87. The highest BCUT2D eigenvalue weighted by Crippen LogP contribution is 2.44. The quantitative estimate of drug-likeness (QED) is 0.846. The standard InChI is InChI=1S/C17H22O4/c1-5-20-15-8-12(10-18)7-14-13(6-11(2)19)9-17(3,4)21-16(14)15/h7-11,19H,5-6H2,1-4H3. The Kier molecular flexibility index (Phi) is 4.37. The highest BCUT2D eigenvalue weighted by molar-refractivity contribution is 5.84. The van der Waals surface area contributed by atoms with Gasteiger partial charge in [-0.2, -0.15) is 0 Å². The van der Waals surface area contributed by atoms with Crippen molar-refractivity contribution in [1.82, 2.24) is 0 Å². The van der Waals surface area contributed by atoms with Gasteiger partial charge in [-0.05, 0) is 57.9 Å². The van der Waals surface area contributed by atoms with Crippen LogP contribution in [0.4, 0.5) is 0 Å². The second-order valence-electron chi connectivity index (χ2n) is 5.87. The molecular weight excluding hydrogens is 268 g/mol. The minimum Gasteiger partial charge on any atom is -0.490 e. The number of ether oxygens (including phenoxy) is 2. The molecule has 4 nitrogen and oxygen atoms in total.